The highest BCUT2D eigenvalue weighted by Gasteiger charge is 2.45. The number of thioether (sulfide) groups is 1. The lowest BCUT2D eigenvalue weighted by Crippen LogP contribution is -2.29. The standard InChI is InChI=1S/C30H25N3O3S2/c1-17(2)20-10-12-21(13-11-20)25-24-26(34)22-15-18(3)9-14-23(22)36-27(24)28(35)33(25)29-31-32-30(38-29)37-16-19-7-5-4-6-8-19/h4-15,17,25H,16H2,1-3H3. The molecule has 8 heteroatoms. The number of hydrogen-bond donors (Lipinski definition) is 0. The molecule has 190 valence electrons. The first-order valence-electron chi connectivity index (χ1n) is 12.4. The maximum Gasteiger partial charge on any atom is 0.297 e. The number of fused-ring (bicyclic) bond motifs is 2. The number of rotatable bonds is 6. The highest BCUT2D eigenvalue weighted by atomic mass is 32.2. The summed E-state index contributed by atoms with van der Waals surface area (Å²) in [6, 6.07) is 23.0. The van der Waals surface area contributed by atoms with E-state index in [0.717, 1.165) is 21.2 Å². The Bertz CT molecular complexity index is 1710. The van der Waals surface area contributed by atoms with E-state index < -0.39 is 6.04 Å². The van der Waals surface area contributed by atoms with E-state index in [9.17, 15) is 9.59 Å². The van der Waals surface area contributed by atoms with Crippen LogP contribution in [0.5, 0.6) is 0 Å². The van der Waals surface area contributed by atoms with Gasteiger partial charge in [-0.15, -0.1) is 10.2 Å². The maximum atomic E-state index is 13.8. The van der Waals surface area contributed by atoms with E-state index in [2.05, 4.69) is 48.3 Å². The third-order valence-corrected chi connectivity index (χ3v) is 8.88. The van der Waals surface area contributed by atoms with Gasteiger partial charge in [0.1, 0.15) is 5.58 Å². The van der Waals surface area contributed by atoms with Crippen LogP contribution in [0.3, 0.4) is 0 Å². The quantitative estimate of drug-likeness (QED) is 0.169. The smallest absolute Gasteiger partial charge is 0.297 e. The zero-order chi connectivity index (χ0) is 26.4. The lowest BCUT2D eigenvalue weighted by atomic mass is 9.95. The summed E-state index contributed by atoms with van der Waals surface area (Å²) in [5.74, 6) is 0.794. The topological polar surface area (TPSA) is 76.3 Å². The third kappa shape index (κ3) is 4.33. The van der Waals surface area contributed by atoms with Crippen LogP contribution >= 0.6 is 23.1 Å². The summed E-state index contributed by atoms with van der Waals surface area (Å²) < 4.78 is 6.84. The second kappa shape index (κ2) is 9.85. The highest BCUT2D eigenvalue weighted by Crippen LogP contribution is 2.43. The lowest BCUT2D eigenvalue weighted by molar-refractivity contribution is 0.0970. The largest absolute Gasteiger partial charge is 0.450 e. The zero-order valence-corrected chi connectivity index (χ0v) is 22.8. The molecule has 1 aliphatic heterocycles. The number of carbonyl (C=O) groups excluding carboxylic acids is 1. The van der Waals surface area contributed by atoms with Gasteiger partial charge in [0.05, 0.1) is 17.0 Å². The summed E-state index contributed by atoms with van der Waals surface area (Å²) in [6.07, 6.45) is 0. The molecule has 0 radical (unpaired) electrons. The second-order valence-corrected chi connectivity index (χ2v) is 11.9. The van der Waals surface area contributed by atoms with Crippen molar-refractivity contribution in [2.24, 2.45) is 0 Å². The lowest BCUT2D eigenvalue weighted by Gasteiger charge is -2.22. The minimum Gasteiger partial charge on any atom is -0.450 e. The Labute approximate surface area is 228 Å². The molecule has 3 heterocycles. The van der Waals surface area contributed by atoms with Crippen LogP contribution in [0.2, 0.25) is 0 Å². The molecule has 0 spiro atoms. The Kier molecular flexibility index (Phi) is 6.37. The van der Waals surface area contributed by atoms with Gasteiger partial charge in [0.2, 0.25) is 10.9 Å². The van der Waals surface area contributed by atoms with Crippen molar-refractivity contribution in [1.29, 1.82) is 0 Å². The maximum absolute atomic E-state index is 13.8. The monoisotopic (exact) mass is 539 g/mol. The second-order valence-electron chi connectivity index (χ2n) is 9.70. The van der Waals surface area contributed by atoms with Crippen LogP contribution in [-0.2, 0) is 5.75 Å². The minimum atomic E-state index is -0.653. The summed E-state index contributed by atoms with van der Waals surface area (Å²) in [7, 11) is 0. The summed E-state index contributed by atoms with van der Waals surface area (Å²) in [5.41, 5.74) is 4.70. The average molecular weight is 540 g/mol. The van der Waals surface area contributed by atoms with E-state index in [4.69, 9.17) is 4.42 Å². The van der Waals surface area contributed by atoms with E-state index in [-0.39, 0.29) is 17.1 Å². The SMILES string of the molecule is Cc1ccc2oc3c(c(=O)c2c1)C(c1ccc(C(C)C)cc1)N(c1nnc(SCc2ccccc2)s1)C3=O. The number of nitrogens with zero attached hydrogens (tertiary/aromatic N) is 3. The van der Waals surface area contributed by atoms with Crippen molar-refractivity contribution in [3.05, 3.63) is 117 Å². The van der Waals surface area contributed by atoms with E-state index in [1.54, 1.807) is 22.7 Å². The summed E-state index contributed by atoms with van der Waals surface area (Å²) in [6.45, 7) is 6.20. The predicted molar refractivity (Wildman–Crippen MR) is 152 cm³/mol. The first kappa shape index (κ1) is 24.6. The van der Waals surface area contributed by atoms with Gasteiger partial charge in [0.25, 0.3) is 5.91 Å². The molecule has 0 bridgehead atoms. The number of carbonyl (C=O) groups is 1. The molecule has 0 fully saturated rings. The summed E-state index contributed by atoms with van der Waals surface area (Å²) in [4.78, 5) is 29.2. The number of aryl methyl sites for hydroxylation is 1. The molecule has 1 amide bonds. The Balaban J connectivity index is 1.45. The molecule has 0 saturated carbocycles. The molecule has 0 N–H and O–H groups in total. The van der Waals surface area contributed by atoms with E-state index >= 15 is 0 Å². The van der Waals surface area contributed by atoms with Gasteiger partial charge >= 0.3 is 0 Å². The van der Waals surface area contributed by atoms with Crippen LogP contribution in [0.15, 0.2) is 86.3 Å². The normalized spacial score (nSPS) is 15.0. The Hall–Kier alpha value is -3.75. The highest BCUT2D eigenvalue weighted by molar-refractivity contribution is 8.00. The molecule has 6 nitrogen and oxygen atoms in total. The van der Waals surface area contributed by atoms with Crippen LogP contribution in [0, 0.1) is 6.92 Å². The van der Waals surface area contributed by atoms with Crippen LogP contribution in [0.1, 0.15) is 64.2 Å². The number of hydrogen-bond acceptors (Lipinski definition) is 7. The summed E-state index contributed by atoms with van der Waals surface area (Å²) in [5, 5.41) is 9.65. The van der Waals surface area contributed by atoms with Gasteiger partial charge in [-0.1, -0.05) is 103 Å². The Morgan fingerprint density at radius 3 is 2.50 bits per heavy atom. The molecule has 38 heavy (non-hydrogen) atoms. The predicted octanol–water partition coefficient (Wildman–Crippen LogP) is 7.12. The van der Waals surface area contributed by atoms with Gasteiger partial charge in [0, 0.05) is 5.75 Å². The van der Waals surface area contributed by atoms with Crippen molar-refractivity contribution in [3.63, 3.8) is 0 Å². The van der Waals surface area contributed by atoms with Crippen LogP contribution in [0.25, 0.3) is 11.0 Å². The van der Waals surface area contributed by atoms with Gasteiger partial charge in [-0.25, -0.2) is 0 Å². The minimum absolute atomic E-state index is 0.0676. The van der Waals surface area contributed by atoms with Crippen molar-refractivity contribution >= 4 is 45.1 Å². The fourth-order valence-corrected chi connectivity index (χ4v) is 6.56. The van der Waals surface area contributed by atoms with Crippen molar-refractivity contribution in [2.45, 2.75) is 42.8 Å². The van der Waals surface area contributed by atoms with Gasteiger partial charge < -0.3 is 4.42 Å². The van der Waals surface area contributed by atoms with Crippen LogP contribution < -0.4 is 10.3 Å². The van der Waals surface area contributed by atoms with Gasteiger partial charge in [-0.3, -0.25) is 14.5 Å². The molecular formula is C30H25N3O3S2. The Morgan fingerprint density at radius 2 is 1.76 bits per heavy atom. The third-order valence-electron chi connectivity index (χ3n) is 6.75. The molecule has 0 saturated heterocycles. The molecule has 3 aromatic carbocycles. The Morgan fingerprint density at radius 1 is 1.00 bits per heavy atom. The number of amides is 1. The van der Waals surface area contributed by atoms with Crippen molar-refractivity contribution in [3.8, 4) is 0 Å². The first-order chi connectivity index (χ1) is 18.4. The van der Waals surface area contributed by atoms with Crippen molar-refractivity contribution < 1.29 is 9.21 Å². The molecule has 2 aromatic heterocycles. The van der Waals surface area contributed by atoms with Crippen LogP contribution in [0.4, 0.5) is 5.13 Å². The van der Waals surface area contributed by atoms with Gasteiger partial charge in [0.15, 0.2) is 9.77 Å². The molecule has 1 atom stereocenters. The number of aromatic nitrogens is 2. The molecule has 1 aliphatic rings. The summed E-state index contributed by atoms with van der Waals surface area (Å²) >= 11 is 2.91. The van der Waals surface area contributed by atoms with Gasteiger partial charge in [-0.05, 0) is 41.7 Å². The van der Waals surface area contributed by atoms with E-state index in [0.29, 0.717) is 27.6 Å². The zero-order valence-electron chi connectivity index (χ0n) is 21.2. The fraction of sp³-hybridized carbons (Fsp3) is 0.200. The average Bonchev–Trinajstić information content (AvgIpc) is 3.51. The number of anilines is 1. The van der Waals surface area contributed by atoms with E-state index in [1.165, 1.54) is 22.5 Å². The molecule has 0 aliphatic carbocycles. The van der Waals surface area contributed by atoms with E-state index in [1.807, 2.05) is 49.4 Å². The van der Waals surface area contributed by atoms with Crippen LogP contribution in [-0.4, -0.2) is 16.1 Å². The molecule has 6 rings (SSSR count). The molecule has 1 unspecified atom stereocenters. The molecule has 5 aromatic rings. The number of benzene rings is 3. The first-order valence-corrected chi connectivity index (χ1v) is 14.2. The molecular weight excluding hydrogens is 514 g/mol. The van der Waals surface area contributed by atoms with Crippen molar-refractivity contribution in [2.75, 3.05) is 4.90 Å². The fourth-order valence-electron chi connectivity index (χ4n) is 4.74. The van der Waals surface area contributed by atoms with Crippen molar-refractivity contribution in [1.82, 2.24) is 10.2 Å². The van der Waals surface area contributed by atoms with Gasteiger partial charge in [-0.2, -0.15) is 0 Å².